The van der Waals surface area contributed by atoms with Crippen LogP contribution in [0.4, 0.5) is 0 Å². The second-order valence-electron chi connectivity index (χ2n) is 5.74. The van der Waals surface area contributed by atoms with E-state index in [4.69, 9.17) is 5.11 Å². The first-order chi connectivity index (χ1) is 9.85. The van der Waals surface area contributed by atoms with Gasteiger partial charge < -0.3 is 10.4 Å². The molecule has 1 atom stereocenters. The minimum atomic E-state index is -3.20. The van der Waals surface area contributed by atoms with Crippen molar-refractivity contribution in [2.45, 2.75) is 38.6 Å². The first kappa shape index (κ1) is 16.2. The van der Waals surface area contributed by atoms with E-state index >= 15 is 0 Å². The van der Waals surface area contributed by atoms with Crippen molar-refractivity contribution < 1.29 is 23.1 Å². The third kappa shape index (κ3) is 3.94. The predicted molar refractivity (Wildman–Crippen MR) is 76.0 cm³/mol. The maximum Gasteiger partial charge on any atom is 0.326 e. The Morgan fingerprint density at radius 3 is 2.24 bits per heavy atom. The molecule has 7 nitrogen and oxygen atoms in total. The number of nitrogens with zero attached hydrogens (tertiary/aromatic N) is 1. The van der Waals surface area contributed by atoms with Crippen LogP contribution < -0.4 is 5.32 Å². The lowest BCUT2D eigenvalue weighted by Gasteiger charge is -2.30. The highest BCUT2D eigenvalue weighted by molar-refractivity contribution is 7.89. The van der Waals surface area contributed by atoms with Crippen molar-refractivity contribution in [3.05, 3.63) is 0 Å². The summed E-state index contributed by atoms with van der Waals surface area (Å²) in [5, 5.41) is 11.7. The Morgan fingerprint density at radius 1 is 1.24 bits per heavy atom. The van der Waals surface area contributed by atoms with Crippen LogP contribution in [0.1, 0.15) is 32.6 Å². The molecule has 0 aromatic carbocycles. The number of piperidine rings is 1. The normalized spacial score (nSPS) is 22.7. The lowest BCUT2D eigenvalue weighted by atomic mass is 9.96. The van der Waals surface area contributed by atoms with Gasteiger partial charge in [0.25, 0.3) is 0 Å². The van der Waals surface area contributed by atoms with Gasteiger partial charge in [-0.25, -0.2) is 17.5 Å². The fraction of sp³-hybridized carbons (Fsp3) is 0.846. The number of nitrogens with one attached hydrogen (secondary N) is 1. The summed E-state index contributed by atoms with van der Waals surface area (Å²) in [5.74, 6) is -1.44. The number of hydrogen-bond donors (Lipinski definition) is 2. The van der Waals surface area contributed by atoms with Crippen LogP contribution in [0.3, 0.4) is 0 Å². The molecule has 1 amide bonds. The Labute approximate surface area is 124 Å². The molecule has 0 spiro atoms. The highest BCUT2D eigenvalue weighted by Gasteiger charge is 2.39. The largest absolute Gasteiger partial charge is 0.480 e. The van der Waals surface area contributed by atoms with Gasteiger partial charge in [-0.05, 0) is 38.5 Å². The monoisotopic (exact) mass is 318 g/mol. The summed E-state index contributed by atoms with van der Waals surface area (Å²) < 4.78 is 24.9. The third-order valence-corrected chi connectivity index (χ3v) is 6.12. The van der Waals surface area contributed by atoms with Gasteiger partial charge in [-0.3, -0.25) is 4.79 Å². The van der Waals surface area contributed by atoms with Gasteiger partial charge in [0.05, 0.1) is 5.75 Å². The summed E-state index contributed by atoms with van der Waals surface area (Å²) in [4.78, 5) is 23.2. The topological polar surface area (TPSA) is 104 Å². The molecule has 120 valence electrons. The standard InChI is InChI=1S/C13H22N2O5S/c1-2-21(19,20)15-7-5-10(6-8-15)12(16)14-11(13(17)18)9-3-4-9/h9-11H,2-8H2,1H3,(H,14,16)(H,17,18). The van der Waals surface area contributed by atoms with Crippen LogP contribution in [0, 0.1) is 11.8 Å². The molecule has 0 radical (unpaired) electrons. The number of carbonyl (C=O) groups is 2. The van der Waals surface area contributed by atoms with Gasteiger partial charge >= 0.3 is 5.97 Å². The van der Waals surface area contributed by atoms with Gasteiger partial charge in [-0.2, -0.15) is 0 Å². The van der Waals surface area contributed by atoms with Crippen molar-refractivity contribution in [3.63, 3.8) is 0 Å². The summed E-state index contributed by atoms with van der Waals surface area (Å²) in [5.41, 5.74) is 0. The molecular weight excluding hydrogens is 296 g/mol. The summed E-state index contributed by atoms with van der Waals surface area (Å²) in [6, 6.07) is -0.796. The van der Waals surface area contributed by atoms with Crippen LogP contribution in [0.2, 0.25) is 0 Å². The first-order valence-corrected chi connectivity index (χ1v) is 8.97. The summed E-state index contributed by atoms with van der Waals surface area (Å²) in [6.45, 7) is 2.26. The second kappa shape index (κ2) is 6.31. The van der Waals surface area contributed by atoms with E-state index in [1.807, 2.05) is 0 Å². The van der Waals surface area contributed by atoms with Gasteiger partial charge in [-0.1, -0.05) is 0 Å². The molecule has 1 heterocycles. The van der Waals surface area contributed by atoms with E-state index in [-0.39, 0.29) is 23.5 Å². The van der Waals surface area contributed by atoms with Crippen LogP contribution in [0.15, 0.2) is 0 Å². The number of aliphatic carboxylic acids is 1. The zero-order valence-corrected chi connectivity index (χ0v) is 12.9. The number of sulfonamides is 1. The van der Waals surface area contributed by atoms with Crippen molar-refractivity contribution in [2.75, 3.05) is 18.8 Å². The van der Waals surface area contributed by atoms with Crippen molar-refractivity contribution in [3.8, 4) is 0 Å². The van der Waals surface area contributed by atoms with E-state index < -0.39 is 22.0 Å². The average molecular weight is 318 g/mol. The maximum atomic E-state index is 12.1. The number of hydrogen-bond acceptors (Lipinski definition) is 4. The van der Waals surface area contributed by atoms with E-state index in [0.717, 1.165) is 12.8 Å². The van der Waals surface area contributed by atoms with Crippen LogP contribution in [-0.2, 0) is 19.6 Å². The average Bonchev–Trinajstić information content (AvgIpc) is 3.28. The number of carbonyl (C=O) groups excluding carboxylic acids is 1. The number of carboxylic acid groups (broad SMARTS) is 1. The number of amides is 1. The third-order valence-electron chi connectivity index (χ3n) is 4.24. The molecule has 21 heavy (non-hydrogen) atoms. The summed E-state index contributed by atoms with van der Waals surface area (Å²) in [7, 11) is -3.20. The van der Waals surface area contributed by atoms with Crippen LogP contribution in [0.25, 0.3) is 0 Å². The van der Waals surface area contributed by atoms with Crippen molar-refractivity contribution >= 4 is 21.9 Å². The quantitative estimate of drug-likeness (QED) is 0.719. The van der Waals surface area contributed by atoms with Crippen LogP contribution >= 0.6 is 0 Å². The Bertz CT molecular complexity index is 507. The van der Waals surface area contributed by atoms with E-state index in [9.17, 15) is 18.0 Å². The van der Waals surface area contributed by atoms with Crippen molar-refractivity contribution in [1.82, 2.24) is 9.62 Å². The zero-order valence-electron chi connectivity index (χ0n) is 12.1. The van der Waals surface area contributed by atoms with Gasteiger partial charge in [0.2, 0.25) is 15.9 Å². The van der Waals surface area contributed by atoms with Crippen molar-refractivity contribution in [1.29, 1.82) is 0 Å². The maximum absolute atomic E-state index is 12.1. The lowest BCUT2D eigenvalue weighted by Crippen LogP contribution is -2.48. The highest BCUT2D eigenvalue weighted by atomic mass is 32.2. The fourth-order valence-corrected chi connectivity index (χ4v) is 3.79. The molecular formula is C13H22N2O5S. The van der Waals surface area contributed by atoms with Gasteiger partial charge in [0.1, 0.15) is 6.04 Å². The molecule has 0 bridgehead atoms. The molecule has 0 aromatic heterocycles. The molecule has 2 fully saturated rings. The molecule has 1 unspecified atom stereocenters. The second-order valence-corrected chi connectivity index (χ2v) is 7.99. The Morgan fingerprint density at radius 2 is 1.81 bits per heavy atom. The fourth-order valence-electron chi connectivity index (χ4n) is 2.66. The molecule has 1 aliphatic carbocycles. The van der Waals surface area contributed by atoms with E-state index in [0.29, 0.717) is 25.9 Å². The molecule has 1 saturated carbocycles. The van der Waals surface area contributed by atoms with Gasteiger partial charge in [0, 0.05) is 19.0 Å². The summed E-state index contributed by atoms with van der Waals surface area (Å²) >= 11 is 0. The number of rotatable bonds is 6. The molecule has 1 aliphatic heterocycles. The summed E-state index contributed by atoms with van der Waals surface area (Å²) in [6.07, 6.45) is 2.57. The molecule has 1 saturated heterocycles. The van der Waals surface area contributed by atoms with Crippen molar-refractivity contribution in [2.24, 2.45) is 11.8 Å². The smallest absolute Gasteiger partial charge is 0.326 e. The van der Waals surface area contributed by atoms with Crippen LogP contribution in [-0.4, -0.2) is 54.6 Å². The molecule has 8 heteroatoms. The Balaban J connectivity index is 1.87. The molecule has 2 aliphatic rings. The first-order valence-electron chi connectivity index (χ1n) is 7.36. The Kier molecular flexibility index (Phi) is 4.88. The van der Waals surface area contributed by atoms with E-state index in [1.54, 1.807) is 6.92 Å². The predicted octanol–water partition coefficient (Wildman–Crippen LogP) is 0.0275. The Hall–Kier alpha value is -1.15. The number of carboxylic acids is 1. The molecule has 2 N–H and O–H groups in total. The van der Waals surface area contributed by atoms with Gasteiger partial charge in [0.15, 0.2) is 0 Å². The highest BCUT2D eigenvalue weighted by Crippen LogP contribution is 2.33. The van der Waals surface area contributed by atoms with Crippen LogP contribution in [0.5, 0.6) is 0 Å². The van der Waals surface area contributed by atoms with E-state index in [1.165, 1.54) is 4.31 Å². The zero-order chi connectivity index (χ0) is 15.6. The SMILES string of the molecule is CCS(=O)(=O)N1CCC(C(=O)NC(C(=O)O)C2CC2)CC1. The minimum absolute atomic E-state index is 0.0482. The van der Waals surface area contributed by atoms with Gasteiger partial charge in [-0.15, -0.1) is 0 Å². The molecule has 2 rings (SSSR count). The molecule has 0 aromatic rings. The van der Waals surface area contributed by atoms with E-state index in [2.05, 4.69) is 5.32 Å². The lowest BCUT2D eigenvalue weighted by molar-refractivity contribution is -0.143. The minimum Gasteiger partial charge on any atom is -0.480 e.